The van der Waals surface area contributed by atoms with E-state index < -0.39 is 16.0 Å². The zero-order valence-electron chi connectivity index (χ0n) is 27.2. The Kier molecular flexibility index (Phi) is 9.29. The quantitative estimate of drug-likeness (QED) is 0.135. The fourth-order valence-corrected chi connectivity index (χ4v) is 10.1. The Labute approximate surface area is 298 Å². The maximum atomic E-state index is 14.8. The lowest BCUT2D eigenvalue weighted by Gasteiger charge is -2.44. The Balaban J connectivity index is 1.26. The number of para-hydroxylation sites is 2. The number of nitrogens with zero attached hydrogens (tertiary/aromatic N) is 3. The topological polar surface area (TPSA) is 100 Å². The van der Waals surface area contributed by atoms with Crippen molar-refractivity contribution in [2.75, 3.05) is 35.4 Å². The molecule has 0 radical (unpaired) electrons. The molecule has 3 aromatic carbocycles. The monoisotopic (exact) mass is 761 g/mol. The average molecular weight is 763 g/mol. The third-order valence-electron chi connectivity index (χ3n) is 9.41. The third kappa shape index (κ3) is 6.26. The summed E-state index contributed by atoms with van der Waals surface area (Å²) in [7, 11) is -4.11. The van der Waals surface area contributed by atoms with Crippen LogP contribution in [0.4, 0.5) is 11.4 Å². The van der Waals surface area contributed by atoms with E-state index in [4.69, 9.17) is 9.15 Å². The average Bonchev–Trinajstić information content (AvgIpc) is 3.77. The number of benzene rings is 3. The first-order valence-electron chi connectivity index (χ1n) is 16.3. The molecule has 254 valence electrons. The van der Waals surface area contributed by atoms with Crippen LogP contribution >= 0.6 is 27.3 Å². The minimum absolute atomic E-state index is 0.0230. The van der Waals surface area contributed by atoms with Gasteiger partial charge in [-0.25, -0.2) is 13.2 Å². The molecular weight excluding hydrogens is 726 g/mol. The molecule has 0 N–H and O–H groups in total. The molecule has 2 aliphatic rings. The van der Waals surface area contributed by atoms with Crippen molar-refractivity contribution >= 4 is 71.5 Å². The number of piperazine rings is 1. The van der Waals surface area contributed by atoms with Gasteiger partial charge >= 0.3 is 5.97 Å². The zero-order valence-corrected chi connectivity index (χ0v) is 30.4. The van der Waals surface area contributed by atoms with Crippen LogP contribution in [0.25, 0.3) is 11.0 Å². The van der Waals surface area contributed by atoms with Gasteiger partial charge in [0.2, 0.25) is 5.76 Å². The fourth-order valence-electron chi connectivity index (χ4n) is 7.07. The summed E-state index contributed by atoms with van der Waals surface area (Å²) in [5.74, 6) is -0.495. The van der Waals surface area contributed by atoms with Crippen LogP contribution in [0.1, 0.15) is 51.1 Å². The van der Waals surface area contributed by atoms with Crippen LogP contribution in [0.3, 0.4) is 0 Å². The molecule has 1 amide bonds. The standard InChI is InChI=1S/C37H36BrN3O6S2/c1-3-46-37(43)34-24(2)29-21-28(15-16-33(29)47-34)49(44,45)40(19-17-25-9-5-4-6-10-25)31-11-7-8-12-32(31)41-26-13-14-27(41)23-39(22-26)36(42)35-30(38)18-20-48-35/h4-12,15-16,18,20-21,26-27H,3,13-14,17,19,22-23H2,1-2H3. The van der Waals surface area contributed by atoms with Gasteiger partial charge in [0.05, 0.1) is 22.9 Å². The van der Waals surface area contributed by atoms with Gasteiger partial charge in [0.25, 0.3) is 15.9 Å². The summed E-state index contributed by atoms with van der Waals surface area (Å²) < 4.78 is 42.9. The third-order valence-corrected chi connectivity index (χ3v) is 13.0. The van der Waals surface area contributed by atoms with E-state index in [1.54, 1.807) is 26.0 Å². The first kappa shape index (κ1) is 33.4. The number of sulfonamides is 1. The van der Waals surface area contributed by atoms with Crippen molar-refractivity contribution in [1.82, 2.24) is 4.90 Å². The molecule has 2 aliphatic heterocycles. The first-order valence-corrected chi connectivity index (χ1v) is 19.4. The molecule has 2 bridgehead atoms. The Morgan fingerprint density at radius 3 is 2.41 bits per heavy atom. The number of aryl methyl sites for hydroxylation is 1. The Bertz CT molecular complexity index is 2120. The summed E-state index contributed by atoms with van der Waals surface area (Å²) >= 11 is 4.95. The number of furan rings is 1. The van der Waals surface area contributed by atoms with E-state index in [0.29, 0.717) is 46.6 Å². The highest BCUT2D eigenvalue weighted by Gasteiger charge is 2.43. The van der Waals surface area contributed by atoms with E-state index in [-0.39, 0.29) is 41.8 Å². The molecule has 2 unspecified atom stereocenters. The molecule has 2 atom stereocenters. The van der Waals surface area contributed by atoms with Gasteiger partial charge in [0.1, 0.15) is 10.5 Å². The Morgan fingerprint density at radius 2 is 1.71 bits per heavy atom. The van der Waals surface area contributed by atoms with Gasteiger partial charge in [0, 0.05) is 47.1 Å². The van der Waals surface area contributed by atoms with Crippen molar-refractivity contribution in [3.05, 3.63) is 110 Å². The van der Waals surface area contributed by atoms with E-state index in [9.17, 15) is 18.0 Å². The Hall–Kier alpha value is -4.13. The molecule has 9 nitrogen and oxygen atoms in total. The molecule has 0 aliphatic carbocycles. The smallest absolute Gasteiger partial charge is 0.374 e. The summed E-state index contributed by atoms with van der Waals surface area (Å²) in [6, 6.07) is 24.2. The molecule has 7 rings (SSSR count). The van der Waals surface area contributed by atoms with Gasteiger partial charge in [-0.15, -0.1) is 11.3 Å². The summed E-state index contributed by atoms with van der Waals surface area (Å²) in [6.45, 7) is 4.98. The van der Waals surface area contributed by atoms with E-state index in [2.05, 4.69) is 20.8 Å². The van der Waals surface area contributed by atoms with Crippen LogP contribution in [0.2, 0.25) is 0 Å². The van der Waals surface area contributed by atoms with Crippen LogP contribution in [-0.2, 0) is 21.2 Å². The lowest BCUT2D eigenvalue weighted by molar-refractivity contribution is 0.0491. The number of carbonyl (C=O) groups is 2. The van der Waals surface area contributed by atoms with Crippen molar-refractivity contribution in [2.24, 2.45) is 0 Å². The van der Waals surface area contributed by atoms with E-state index >= 15 is 0 Å². The number of esters is 1. The minimum Gasteiger partial charge on any atom is -0.460 e. The van der Waals surface area contributed by atoms with Crippen molar-refractivity contribution in [3.8, 4) is 0 Å². The Morgan fingerprint density at radius 1 is 1.00 bits per heavy atom. The molecular formula is C37H36BrN3O6S2. The van der Waals surface area contributed by atoms with Gasteiger partial charge in [-0.3, -0.25) is 9.10 Å². The van der Waals surface area contributed by atoms with Crippen LogP contribution in [-0.4, -0.2) is 63.5 Å². The van der Waals surface area contributed by atoms with Crippen molar-refractivity contribution in [1.29, 1.82) is 0 Å². The molecule has 49 heavy (non-hydrogen) atoms. The first-order chi connectivity index (χ1) is 23.7. The summed E-state index contributed by atoms with van der Waals surface area (Å²) in [6.07, 6.45) is 2.31. The lowest BCUT2D eigenvalue weighted by Crippen LogP contribution is -2.55. The van der Waals surface area contributed by atoms with E-state index in [1.807, 2.05) is 70.9 Å². The van der Waals surface area contributed by atoms with Crippen molar-refractivity contribution in [3.63, 3.8) is 0 Å². The summed E-state index contributed by atoms with van der Waals surface area (Å²) in [5.41, 5.74) is 3.38. The number of amides is 1. The highest BCUT2D eigenvalue weighted by Crippen LogP contribution is 2.42. The number of thiophene rings is 1. The summed E-state index contributed by atoms with van der Waals surface area (Å²) in [5, 5.41) is 2.45. The largest absolute Gasteiger partial charge is 0.460 e. The molecule has 2 saturated heterocycles. The highest BCUT2D eigenvalue weighted by atomic mass is 79.9. The predicted molar refractivity (Wildman–Crippen MR) is 195 cm³/mol. The number of anilines is 2. The van der Waals surface area contributed by atoms with Gasteiger partial charge in [-0.1, -0.05) is 42.5 Å². The van der Waals surface area contributed by atoms with Crippen LogP contribution in [0.5, 0.6) is 0 Å². The van der Waals surface area contributed by atoms with E-state index in [0.717, 1.165) is 28.6 Å². The number of rotatable bonds is 10. The lowest BCUT2D eigenvalue weighted by atomic mass is 10.1. The number of carbonyl (C=O) groups excluding carboxylic acids is 2. The number of fused-ring (bicyclic) bond motifs is 3. The van der Waals surface area contributed by atoms with Gasteiger partial charge in [-0.2, -0.15) is 0 Å². The fraction of sp³-hybridized carbons (Fsp3) is 0.297. The number of likely N-dealkylation sites (tertiary alicyclic amines) is 1. The van der Waals surface area contributed by atoms with Crippen LogP contribution in [0, 0.1) is 6.92 Å². The maximum absolute atomic E-state index is 14.8. The zero-order chi connectivity index (χ0) is 34.3. The number of halogens is 1. The molecule has 5 aromatic rings. The normalized spacial score (nSPS) is 17.4. The van der Waals surface area contributed by atoms with Gasteiger partial charge in [0.15, 0.2) is 0 Å². The molecule has 0 saturated carbocycles. The van der Waals surface area contributed by atoms with Crippen molar-refractivity contribution in [2.45, 2.75) is 50.1 Å². The molecule has 4 heterocycles. The molecule has 12 heteroatoms. The SMILES string of the molecule is CCOC(=O)c1oc2ccc(S(=O)(=O)N(CCc3ccccc3)c3ccccc3N3C4CCC3CN(C(=O)c3sccc3Br)C4)cc2c1C. The molecule has 0 spiro atoms. The van der Waals surface area contributed by atoms with Crippen LogP contribution < -0.4 is 9.21 Å². The molecule has 2 fully saturated rings. The second kappa shape index (κ2) is 13.6. The number of ether oxygens (including phenoxy) is 1. The highest BCUT2D eigenvalue weighted by molar-refractivity contribution is 9.10. The van der Waals surface area contributed by atoms with E-state index in [1.165, 1.54) is 21.7 Å². The maximum Gasteiger partial charge on any atom is 0.374 e. The van der Waals surface area contributed by atoms with Crippen LogP contribution in [0.15, 0.2) is 98.0 Å². The van der Waals surface area contributed by atoms with Gasteiger partial charge < -0.3 is 19.0 Å². The summed E-state index contributed by atoms with van der Waals surface area (Å²) in [4.78, 5) is 31.1. The van der Waals surface area contributed by atoms with Crippen molar-refractivity contribution < 1.29 is 27.2 Å². The minimum atomic E-state index is -4.11. The predicted octanol–water partition coefficient (Wildman–Crippen LogP) is 7.67. The second-order valence-electron chi connectivity index (χ2n) is 12.3. The van der Waals surface area contributed by atoms with Gasteiger partial charge in [-0.05, 0) is 96.4 Å². The molecule has 2 aromatic heterocycles. The number of hydrogen-bond donors (Lipinski definition) is 0. The number of hydrogen-bond acceptors (Lipinski definition) is 8. The second-order valence-corrected chi connectivity index (χ2v) is 16.0.